The van der Waals surface area contributed by atoms with Gasteiger partial charge in [0.2, 0.25) is 0 Å². The van der Waals surface area contributed by atoms with E-state index in [1.807, 2.05) is 20.8 Å². The van der Waals surface area contributed by atoms with Gasteiger partial charge in [-0.3, -0.25) is 0 Å². The van der Waals surface area contributed by atoms with Gasteiger partial charge in [-0.2, -0.15) is 13.2 Å². The zero-order valence-electron chi connectivity index (χ0n) is 15.3. The number of nitrogens with zero attached hydrogens (tertiary/aromatic N) is 1. The average Bonchev–Trinajstić information content (AvgIpc) is 2.50. The number of carbonyl (C=O) groups is 1. The van der Waals surface area contributed by atoms with E-state index >= 15 is 0 Å². The maximum absolute atomic E-state index is 12.7. The molecule has 1 amide bonds. The van der Waals surface area contributed by atoms with Crippen LogP contribution in [0.4, 0.5) is 18.0 Å². The maximum Gasteiger partial charge on any atom is 0.416 e. The van der Waals surface area contributed by atoms with E-state index in [-0.39, 0.29) is 11.5 Å². The van der Waals surface area contributed by atoms with Crippen LogP contribution < -0.4 is 0 Å². The number of carbonyl (C=O) groups excluding carboxylic acids is 1. The second-order valence-electron chi connectivity index (χ2n) is 8.35. The first-order valence-corrected chi connectivity index (χ1v) is 8.82. The molecule has 3 rings (SSSR count). The lowest BCUT2D eigenvalue weighted by molar-refractivity contribution is -0.137. The van der Waals surface area contributed by atoms with Crippen molar-refractivity contribution in [3.63, 3.8) is 0 Å². The fourth-order valence-electron chi connectivity index (χ4n) is 3.59. The Kier molecular flexibility index (Phi) is 4.57. The molecular weight excluding hydrogens is 343 g/mol. The maximum atomic E-state index is 12.7. The molecule has 0 N–H and O–H groups in total. The van der Waals surface area contributed by atoms with Crippen molar-refractivity contribution in [2.75, 3.05) is 13.1 Å². The van der Waals surface area contributed by atoms with E-state index in [0.29, 0.717) is 13.1 Å². The second kappa shape index (κ2) is 6.32. The van der Waals surface area contributed by atoms with E-state index in [4.69, 9.17) is 4.74 Å². The third kappa shape index (κ3) is 4.05. The molecule has 0 aromatic heterocycles. The largest absolute Gasteiger partial charge is 0.444 e. The van der Waals surface area contributed by atoms with E-state index in [2.05, 4.69) is 6.08 Å². The van der Waals surface area contributed by atoms with Gasteiger partial charge in [-0.25, -0.2) is 4.79 Å². The van der Waals surface area contributed by atoms with E-state index in [1.165, 1.54) is 0 Å². The van der Waals surface area contributed by atoms with Crippen LogP contribution in [0.5, 0.6) is 0 Å². The monoisotopic (exact) mass is 367 g/mol. The number of allylic oxidation sites excluding steroid dienone is 2. The van der Waals surface area contributed by atoms with Crippen molar-refractivity contribution in [1.29, 1.82) is 0 Å². The highest BCUT2D eigenvalue weighted by Crippen LogP contribution is 2.45. The Balaban J connectivity index is 1.59. The van der Waals surface area contributed by atoms with Gasteiger partial charge in [0.1, 0.15) is 5.60 Å². The number of benzene rings is 1. The summed E-state index contributed by atoms with van der Waals surface area (Å²) in [7, 11) is 0. The Morgan fingerprint density at radius 1 is 1.12 bits per heavy atom. The van der Waals surface area contributed by atoms with Crippen LogP contribution in [0.15, 0.2) is 30.3 Å². The van der Waals surface area contributed by atoms with Crippen LogP contribution in [-0.4, -0.2) is 29.7 Å². The summed E-state index contributed by atoms with van der Waals surface area (Å²) in [6.07, 6.45) is 0.106. The van der Waals surface area contributed by atoms with Gasteiger partial charge in [0.05, 0.1) is 5.56 Å². The molecule has 0 unspecified atom stereocenters. The average molecular weight is 367 g/mol. The fraction of sp³-hybridized carbons (Fsp3) is 0.550. The molecule has 0 saturated carbocycles. The van der Waals surface area contributed by atoms with Crippen LogP contribution in [0.25, 0.3) is 5.57 Å². The van der Waals surface area contributed by atoms with Crippen LogP contribution in [0.1, 0.15) is 51.2 Å². The number of amides is 1. The summed E-state index contributed by atoms with van der Waals surface area (Å²) in [6, 6.07) is 5.35. The zero-order valence-corrected chi connectivity index (χ0v) is 15.3. The number of halogens is 3. The van der Waals surface area contributed by atoms with Crippen LogP contribution in [0.2, 0.25) is 0 Å². The minimum Gasteiger partial charge on any atom is -0.444 e. The summed E-state index contributed by atoms with van der Waals surface area (Å²) in [5.41, 5.74) is 0.895. The Bertz CT molecular complexity index is 708. The molecule has 1 saturated heterocycles. The van der Waals surface area contributed by atoms with E-state index in [1.54, 1.807) is 17.0 Å². The summed E-state index contributed by atoms with van der Waals surface area (Å²) in [6.45, 7) is 6.90. The lowest BCUT2D eigenvalue weighted by atomic mass is 9.69. The van der Waals surface area contributed by atoms with Crippen molar-refractivity contribution in [1.82, 2.24) is 4.90 Å². The molecule has 142 valence electrons. The Hall–Kier alpha value is -1.98. The minimum atomic E-state index is -4.30. The second-order valence-corrected chi connectivity index (χ2v) is 8.35. The number of likely N-dealkylation sites (tertiary alicyclic amines) is 1. The molecule has 3 nitrogen and oxygen atoms in total. The molecule has 2 aliphatic rings. The van der Waals surface area contributed by atoms with Gasteiger partial charge in [-0.05, 0) is 63.3 Å². The molecule has 6 heteroatoms. The Morgan fingerprint density at radius 2 is 1.73 bits per heavy atom. The Morgan fingerprint density at radius 3 is 2.19 bits per heavy atom. The van der Waals surface area contributed by atoms with E-state index in [9.17, 15) is 18.0 Å². The molecule has 0 radical (unpaired) electrons. The molecule has 1 aliphatic heterocycles. The first-order chi connectivity index (χ1) is 12.0. The van der Waals surface area contributed by atoms with Gasteiger partial charge in [0.25, 0.3) is 0 Å². The highest BCUT2D eigenvalue weighted by atomic mass is 19.4. The van der Waals surface area contributed by atoms with E-state index in [0.717, 1.165) is 42.5 Å². The highest BCUT2D eigenvalue weighted by molar-refractivity contribution is 5.70. The summed E-state index contributed by atoms with van der Waals surface area (Å²) in [5, 5.41) is 0. The topological polar surface area (TPSA) is 29.5 Å². The number of hydrogen-bond acceptors (Lipinski definition) is 2. The normalized spacial score (nSPS) is 19.8. The van der Waals surface area contributed by atoms with E-state index < -0.39 is 17.3 Å². The van der Waals surface area contributed by atoms with Crippen LogP contribution in [0, 0.1) is 5.41 Å². The molecule has 26 heavy (non-hydrogen) atoms. The van der Waals surface area contributed by atoms with Gasteiger partial charge < -0.3 is 9.64 Å². The van der Waals surface area contributed by atoms with Crippen molar-refractivity contribution in [3.8, 4) is 0 Å². The molecule has 1 aromatic rings. The fourth-order valence-corrected chi connectivity index (χ4v) is 3.59. The van der Waals surface area contributed by atoms with Gasteiger partial charge in [0, 0.05) is 18.5 Å². The zero-order chi connectivity index (χ0) is 19.2. The van der Waals surface area contributed by atoms with Crippen molar-refractivity contribution < 1.29 is 22.7 Å². The summed E-state index contributed by atoms with van der Waals surface area (Å²) < 4.78 is 43.4. The standard InChI is InChI=1S/C20H24F3NO2/c1-18(2,3)26-17(25)24-12-19(13-24)10-8-15(9-11-19)14-4-6-16(7-5-14)20(21,22)23/h4-8H,9-13H2,1-3H3. The van der Waals surface area contributed by atoms with Crippen LogP contribution in [0.3, 0.4) is 0 Å². The number of rotatable bonds is 1. The smallest absolute Gasteiger partial charge is 0.416 e. The molecular formula is C20H24F3NO2. The molecule has 1 fully saturated rings. The molecule has 1 aromatic carbocycles. The van der Waals surface area contributed by atoms with Crippen molar-refractivity contribution in [2.24, 2.45) is 5.41 Å². The van der Waals surface area contributed by atoms with Gasteiger partial charge >= 0.3 is 12.3 Å². The lowest BCUT2D eigenvalue weighted by Crippen LogP contribution is -2.59. The third-order valence-electron chi connectivity index (χ3n) is 4.99. The van der Waals surface area contributed by atoms with Gasteiger partial charge in [-0.1, -0.05) is 18.2 Å². The quantitative estimate of drug-likeness (QED) is 0.655. The summed E-state index contributed by atoms with van der Waals surface area (Å²) >= 11 is 0. The number of hydrogen-bond donors (Lipinski definition) is 0. The number of ether oxygens (including phenoxy) is 1. The Labute approximate surface area is 151 Å². The van der Waals surface area contributed by atoms with Crippen molar-refractivity contribution in [2.45, 2.75) is 51.8 Å². The van der Waals surface area contributed by atoms with Crippen LogP contribution >= 0.6 is 0 Å². The first-order valence-electron chi connectivity index (χ1n) is 8.82. The molecule has 0 atom stereocenters. The lowest BCUT2D eigenvalue weighted by Gasteiger charge is -2.51. The summed E-state index contributed by atoms with van der Waals surface area (Å²) in [4.78, 5) is 13.8. The third-order valence-corrected chi connectivity index (χ3v) is 4.99. The van der Waals surface area contributed by atoms with Crippen LogP contribution in [-0.2, 0) is 10.9 Å². The minimum absolute atomic E-state index is 0.0896. The predicted octanol–water partition coefficient (Wildman–Crippen LogP) is 5.51. The van der Waals surface area contributed by atoms with Gasteiger partial charge in [0.15, 0.2) is 0 Å². The highest BCUT2D eigenvalue weighted by Gasteiger charge is 2.46. The summed E-state index contributed by atoms with van der Waals surface area (Å²) in [5.74, 6) is 0. The predicted molar refractivity (Wildman–Crippen MR) is 93.5 cm³/mol. The molecule has 1 spiro atoms. The first kappa shape index (κ1) is 18.8. The van der Waals surface area contributed by atoms with Gasteiger partial charge in [-0.15, -0.1) is 0 Å². The van der Waals surface area contributed by atoms with Crippen molar-refractivity contribution >= 4 is 11.7 Å². The molecule has 0 bridgehead atoms. The number of alkyl halides is 3. The van der Waals surface area contributed by atoms with Crippen molar-refractivity contribution in [3.05, 3.63) is 41.5 Å². The SMILES string of the molecule is CC(C)(C)OC(=O)N1CC2(CC=C(c3ccc(C(F)(F)F)cc3)CC2)C1. The molecule has 1 heterocycles. The molecule has 1 aliphatic carbocycles.